The third-order valence-corrected chi connectivity index (χ3v) is 6.05. The van der Waals surface area contributed by atoms with E-state index in [-0.39, 0.29) is 10.0 Å². The lowest BCUT2D eigenvalue weighted by Crippen LogP contribution is -2.20. The van der Waals surface area contributed by atoms with E-state index in [1.807, 2.05) is 24.3 Å². The molecule has 0 unspecified atom stereocenters. The van der Waals surface area contributed by atoms with E-state index < -0.39 is 10.0 Å². The molecule has 1 fully saturated rings. The zero-order chi connectivity index (χ0) is 17.9. The largest absolute Gasteiger partial charge is 0.303 e. The topological polar surface area (TPSA) is 62.3 Å². The number of likely N-dealkylation sites (tertiary alicyclic amines) is 1. The summed E-state index contributed by atoms with van der Waals surface area (Å²) in [5, 5.41) is 0.261. The zero-order valence-electron chi connectivity index (χ0n) is 14.2. The molecule has 134 valence electrons. The van der Waals surface area contributed by atoms with Crippen LogP contribution in [0.3, 0.4) is 0 Å². The van der Waals surface area contributed by atoms with E-state index in [0.717, 1.165) is 26.1 Å². The molecule has 1 aliphatic rings. The van der Waals surface area contributed by atoms with Crippen molar-refractivity contribution in [1.29, 1.82) is 0 Å². The number of halogens is 1. The molecular formula is C18H22ClN3O2S. The predicted molar refractivity (Wildman–Crippen MR) is 101 cm³/mol. The molecule has 3 rings (SSSR count). The lowest BCUT2D eigenvalue weighted by atomic mass is 9.98. The van der Waals surface area contributed by atoms with Crippen LogP contribution in [-0.2, 0) is 10.0 Å². The van der Waals surface area contributed by atoms with Crippen LogP contribution >= 0.6 is 11.6 Å². The number of pyridine rings is 1. The molecule has 1 aromatic heterocycles. The second kappa shape index (κ2) is 7.72. The Kier molecular flexibility index (Phi) is 5.61. The summed E-state index contributed by atoms with van der Waals surface area (Å²) in [7, 11) is -3.66. The molecule has 7 heteroatoms. The first-order valence-electron chi connectivity index (χ1n) is 8.44. The van der Waals surface area contributed by atoms with Crippen LogP contribution in [-0.4, -0.2) is 37.9 Å². The fourth-order valence-electron chi connectivity index (χ4n) is 3.18. The number of sulfonamides is 1. The van der Waals surface area contributed by atoms with Crippen LogP contribution in [0.25, 0.3) is 0 Å². The number of nitrogens with zero attached hydrogens (tertiary/aromatic N) is 2. The average molecular weight is 380 g/mol. The molecule has 1 saturated heterocycles. The van der Waals surface area contributed by atoms with Crippen molar-refractivity contribution in [3.63, 3.8) is 0 Å². The van der Waals surface area contributed by atoms with E-state index in [0.29, 0.717) is 11.6 Å². The van der Waals surface area contributed by atoms with Gasteiger partial charge >= 0.3 is 0 Å². The Morgan fingerprint density at radius 3 is 2.64 bits per heavy atom. The molecule has 0 radical (unpaired) electrons. The van der Waals surface area contributed by atoms with Gasteiger partial charge in [-0.2, -0.15) is 0 Å². The molecule has 0 bridgehead atoms. The third kappa shape index (κ3) is 4.51. The highest BCUT2D eigenvalue weighted by atomic mass is 35.5. The van der Waals surface area contributed by atoms with Gasteiger partial charge in [-0.1, -0.05) is 30.7 Å². The van der Waals surface area contributed by atoms with Gasteiger partial charge in [-0.05, 0) is 61.7 Å². The van der Waals surface area contributed by atoms with Gasteiger partial charge in [0.25, 0.3) is 10.0 Å². The van der Waals surface area contributed by atoms with E-state index in [2.05, 4.69) is 21.5 Å². The number of hydrogen-bond donors (Lipinski definition) is 1. The van der Waals surface area contributed by atoms with Gasteiger partial charge in [0.05, 0.1) is 0 Å². The first kappa shape index (κ1) is 18.2. The lowest BCUT2D eigenvalue weighted by molar-refractivity contribution is 0.335. The van der Waals surface area contributed by atoms with Crippen LogP contribution in [0.5, 0.6) is 0 Å². The fourth-order valence-corrected chi connectivity index (χ4v) is 4.30. The van der Waals surface area contributed by atoms with Crippen molar-refractivity contribution in [3.05, 3.63) is 53.3 Å². The Morgan fingerprint density at radius 1 is 1.24 bits per heavy atom. The van der Waals surface area contributed by atoms with Crippen LogP contribution in [0.4, 0.5) is 5.69 Å². The second-order valence-electron chi connectivity index (χ2n) is 6.33. The molecule has 1 aliphatic heterocycles. The molecule has 25 heavy (non-hydrogen) atoms. The molecule has 0 aliphatic carbocycles. The molecule has 1 atom stereocenters. The number of nitrogens with one attached hydrogen (secondary N) is 1. The van der Waals surface area contributed by atoms with Gasteiger partial charge in [-0.25, -0.2) is 13.4 Å². The first-order valence-corrected chi connectivity index (χ1v) is 10.3. The summed E-state index contributed by atoms with van der Waals surface area (Å²) in [4.78, 5) is 6.39. The first-order chi connectivity index (χ1) is 12.0. The van der Waals surface area contributed by atoms with Gasteiger partial charge in [0.1, 0.15) is 10.0 Å². The van der Waals surface area contributed by atoms with Crippen molar-refractivity contribution in [2.75, 3.05) is 24.4 Å². The highest BCUT2D eigenvalue weighted by Gasteiger charge is 2.23. The monoisotopic (exact) mass is 379 g/mol. The summed E-state index contributed by atoms with van der Waals surface area (Å²) >= 11 is 5.70. The molecule has 0 saturated carbocycles. The second-order valence-corrected chi connectivity index (χ2v) is 8.40. The summed E-state index contributed by atoms with van der Waals surface area (Å²) in [5.41, 5.74) is 1.80. The Bertz CT molecular complexity index is 807. The van der Waals surface area contributed by atoms with E-state index in [9.17, 15) is 8.42 Å². The van der Waals surface area contributed by atoms with Crippen molar-refractivity contribution in [2.24, 2.45) is 0 Å². The van der Waals surface area contributed by atoms with Gasteiger partial charge < -0.3 is 4.90 Å². The van der Waals surface area contributed by atoms with Gasteiger partial charge in [0.2, 0.25) is 0 Å². The Labute approximate surface area is 154 Å². The minimum Gasteiger partial charge on any atom is -0.303 e. The van der Waals surface area contributed by atoms with Crippen LogP contribution in [0, 0.1) is 0 Å². The maximum absolute atomic E-state index is 12.4. The molecule has 0 spiro atoms. The molecule has 0 amide bonds. The Balaban J connectivity index is 1.67. The van der Waals surface area contributed by atoms with Gasteiger partial charge in [-0.3, -0.25) is 4.72 Å². The molecule has 1 N–H and O–H groups in total. The number of benzene rings is 1. The lowest BCUT2D eigenvalue weighted by Gasteiger charge is -2.15. The molecular weight excluding hydrogens is 358 g/mol. The Hall–Kier alpha value is -1.63. The highest BCUT2D eigenvalue weighted by molar-refractivity contribution is 7.92. The van der Waals surface area contributed by atoms with Crippen molar-refractivity contribution in [2.45, 2.75) is 30.6 Å². The maximum Gasteiger partial charge on any atom is 0.263 e. The van der Waals surface area contributed by atoms with Crippen LogP contribution < -0.4 is 4.72 Å². The van der Waals surface area contributed by atoms with Crippen LogP contribution in [0.2, 0.25) is 5.15 Å². The van der Waals surface area contributed by atoms with Gasteiger partial charge in [-0.15, -0.1) is 0 Å². The summed E-state index contributed by atoms with van der Waals surface area (Å²) in [5.74, 6) is 0.526. The highest BCUT2D eigenvalue weighted by Crippen LogP contribution is 2.28. The fraction of sp³-hybridized carbons (Fsp3) is 0.389. The zero-order valence-corrected chi connectivity index (χ0v) is 15.7. The molecule has 2 heterocycles. The minimum absolute atomic E-state index is 0.0898. The van der Waals surface area contributed by atoms with Crippen molar-refractivity contribution in [3.8, 4) is 0 Å². The summed E-state index contributed by atoms with van der Waals surface area (Å²) in [6.45, 7) is 5.56. The van der Waals surface area contributed by atoms with Crippen molar-refractivity contribution in [1.82, 2.24) is 9.88 Å². The number of aromatic nitrogens is 1. The predicted octanol–water partition coefficient (Wildman–Crippen LogP) is 3.74. The van der Waals surface area contributed by atoms with E-state index in [1.54, 1.807) is 0 Å². The third-order valence-electron chi connectivity index (χ3n) is 4.46. The SMILES string of the molecule is CCCN1CC[C@@H](c2ccc(NS(=O)(=O)c3ccc(Cl)nc3)cc2)C1. The number of anilines is 1. The van der Waals surface area contributed by atoms with Crippen LogP contribution in [0.1, 0.15) is 31.2 Å². The minimum atomic E-state index is -3.66. The standard InChI is InChI=1S/C18H22ClN3O2S/c1-2-10-22-11-9-15(13-22)14-3-5-16(6-4-14)21-25(23,24)17-7-8-18(19)20-12-17/h3-8,12,15,21H,2,9-11,13H2,1H3/t15-/m1/s1. The van der Waals surface area contributed by atoms with Gasteiger partial charge in [0.15, 0.2) is 0 Å². The average Bonchev–Trinajstić information content (AvgIpc) is 3.05. The van der Waals surface area contributed by atoms with E-state index in [1.165, 1.54) is 30.3 Å². The van der Waals surface area contributed by atoms with E-state index in [4.69, 9.17) is 11.6 Å². The Morgan fingerprint density at radius 2 is 2.00 bits per heavy atom. The van der Waals surface area contributed by atoms with E-state index >= 15 is 0 Å². The van der Waals surface area contributed by atoms with Gasteiger partial charge in [0, 0.05) is 18.4 Å². The maximum atomic E-state index is 12.4. The normalized spacial score (nSPS) is 18.4. The summed E-state index contributed by atoms with van der Waals surface area (Å²) in [6.07, 6.45) is 3.58. The van der Waals surface area contributed by atoms with Crippen LogP contribution in [0.15, 0.2) is 47.5 Å². The summed E-state index contributed by atoms with van der Waals surface area (Å²) < 4.78 is 27.3. The number of hydrogen-bond acceptors (Lipinski definition) is 4. The molecule has 1 aromatic carbocycles. The smallest absolute Gasteiger partial charge is 0.263 e. The van der Waals surface area contributed by atoms with Crippen molar-refractivity contribution < 1.29 is 8.42 Å². The molecule has 5 nitrogen and oxygen atoms in total. The summed E-state index contributed by atoms with van der Waals surface area (Å²) in [6, 6.07) is 10.6. The van der Waals surface area contributed by atoms with Crippen molar-refractivity contribution >= 4 is 27.3 Å². The molecule has 2 aromatic rings. The number of rotatable bonds is 6. The quantitative estimate of drug-likeness (QED) is 0.776.